The summed E-state index contributed by atoms with van der Waals surface area (Å²) >= 11 is 3.51. The summed E-state index contributed by atoms with van der Waals surface area (Å²) < 4.78 is 1.17. The van der Waals surface area contributed by atoms with E-state index in [1.165, 1.54) is 23.0 Å². The molecule has 0 atom stereocenters. The Balaban J connectivity index is 2.42. The van der Waals surface area contributed by atoms with Crippen molar-refractivity contribution >= 4 is 15.9 Å². The quantitative estimate of drug-likeness (QED) is 0.697. The molecule has 1 aromatic rings. The van der Waals surface area contributed by atoms with Gasteiger partial charge < -0.3 is 0 Å². The van der Waals surface area contributed by atoms with Gasteiger partial charge in [-0.05, 0) is 47.8 Å². The van der Waals surface area contributed by atoms with Crippen molar-refractivity contribution in [2.45, 2.75) is 25.7 Å². The van der Waals surface area contributed by atoms with Crippen LogP contribution in [0.4, 0.5) is 0 Å². The van der Waals surface area contributed by atoms with Crippen LogP contribution in [-0.4, -0.2) is 4.98 Å². The fraction of sp³-hybridized carbons (Fsp3) is 0.444. The van der Waals surface area contributed by atoms with Crippen molar-refractivity contribution in [3.05, 3.63) is 28.0 Å². The lowest BCUT2D eigenvalue weighted by Gasteiger charge is -2.01. The molecule has 1 aromatic heterocycles. The monoisotopic (exact) mass is 211 g/mol. The maximum Gasteiger partial charge on any atom is 0.0579 e. The highest BCUT2D eigenvalue weighted by molar-refractivity contribution is 9.10. The zero-order chi connectivity index (χ0) is 7.84. The van der Waals surface area contributed by atoms with Crippen molar-refractivity contribution < 1.29 is 0 Å². The van der Waals surface area contributed by atoms with Crippen LogP contribution in [0.1, 0.15) is 30.1 Å². The lowest BCUT2D eigenvalue weighted by Crippen LogP contribution is -1.90. The van der Waals surface area contributed by atoms with E-state index in [0.29, 0.717) is 0 Å². The molecule has 1 fully saturated rings. The van der Waals surface area contributed by atoms with Gasteiger partial charge in [0.15, 0.2) is 0 Å². The van der Waals surface area contributed by atoms with E-state index in [-0.39, 0.29) is 0 Å². The Morgan fingerprint density at radius 3 is 2.82 bits per heavy atom. The fourth-order valence-corrected chi connectivity index (χ4v) is 1.75. The van der Waals surface area contributed by atoms with Gasteiger partial charge in [-0.15, -0.1) is 0 Å². The van der Waals surface area contributed by atoms with Crippen LogP contribution in [0.25, 0.3) is 0 Å². The highest BCUT2D eigenvalue weighted by atomic mass is 79.9. The first kappa shape index (κ1) is 7.29. The van der Waals surface area contributed by atoms with Gasteiger partial charge in [-0.25, -0.2) is 0 Å². The maximum absolute atomic E-state index is 4.49. The molecule has 1 heterocycles. The molecule has 0 amide bonds. The van der Waals surface area contributed by atoms with Crippen molar-refractivity contribution in [2.24, 2.45) is 0 Å². The summed E-state index contributed by atoms with van der Waals surface area (Å²) in [7, 11) is 0. The van der Waals surface area contributed by atoms with E-state index in [4.69, 9.17) is 0 Å². The van der Waals surface area contributed by atoms with Gasteiger partial charge in [-0.1, -0.05) is 0 Å². The molecule has 0 bridgehead atoms. The van der Waals surface area contributed by atoms with Gasteiger partial charge in [0.05, 0.1) is 5.69 Å². The molecule has 0 radical (unpaired) electrons. The lowest BCUT2D eigenvalue weighted by atomic mass is 10.2. The molecule has 58 valence electrons. The van der Waals surface area contributed by atoms with Crippen molar-refractivity contribution in [1.82, 2.24) is 4.98 Å². The smallest absolute Gasteiger partial charge is 0.0579 e. The summed E-state index contributed by atoms with van der Waals surface area (Å²) in [6.07, 6.45) is 2.63. The summed E-state index contributed by atoms with van der Waals surface area (Å²) in [6.45, 7) is 2.04. The average Bonchev–Trinajstić information content (AvgIpc) is 2.76. The van der Waals surface area contributed by atoms with Crippen LogP contribution in [0.15, 0.2) is 16.6 Å². The van der Waals surface area contributed by atoms with Crippen molar-refractivity contribution in [1.29, 1.82) is 0 Å². The zero-order valence-corrected chi connectivity index (χ0v) is 8.06. The molecule has 1 nitrogen and oxygen atoms in total. The van der Waals surface area contributed by atoms with Gasteiger partial charge in [-0.3, -0.25) is 4.98 Å². The Morgan fingerprint density at radius 1 is 1.45 bits per heavy atom. The summed E-state index contributed by atoms with van der Waals surface area (Å²) in [5.74, 6) is 0.740. The average molecular weight is 212 g/mol. The maximum atomic E-state index is 4.49. The lowest BCUT2D eigenvalue weighted by molar-refractivity contribution is 0.982. The predicted molar refractivity (Wildman–Crippen MR) is 48.6 cm³/mol. The van der Waals surface area contributed by atoms with Crippen molar-refractivity contribution in [2.75, 3.05) is 0 Å². The molecule has 1 aliphatic carbocycles. The highest BCUT2D eigenvalue weighted by Gasteiger charge is 2.26. The van der Waals surface area contributed by atoms with E-state index in [1.807, 2.05) is 13.0 Å². The van der Waals surface area contributed by atoms with Gasteiger partial charge >= 0.3 is 0 Å². The van der Waals surface area contributed by atoms with Gasteiger partial charge in [0.2, 0.25) is 0 Å². The molecule has 11 heavy (non-hydrogen) atoms. The summed E-state index contributed by atoms with van der Waals surface area (Å²) in [6, 6.07) is 4.13. The van der Waals surface area contributed by atoms with Gasteiger partial charge in [-0.2, -0.15) is 0 Å². The predicted octanol–water partition coefficient (Wildman–Crippen LogP) is 3.03. The third-order valence-corrected chi connectivity index (χ3v) is 2.65. The topological polar surface area (TPSA) is 12.9 Å². The minimum atomic E-state index is 0.740. The minimum absolute atomic E-state index is 0.740. The van der Waals surface area contributed by atoms with Crippen molar-refractivity contribution in [3.63, 3.8) is 0 Å². The molecule has 0 aromatic carbocycles. The number of halogens is 1. The number of rotatable bonds is 1. The normalized spacial score (nSPS) is 16.9. The molecule has 1 saturated carbocycles. The second-order valence-electron chi connectivity index (χ2n) is 3.09. The highest BCUT2D eigenvalue weighted by Crippen LogP contribution is 2.41. The first-order chi connectivity index (χ1) is 5.27. The molecule has 0 saturated heterocycles. The Bertz CT molecular complexity index is 279. The molecule has 0 aliphatic heterocycles. The van der Waals surface area contributed by atoms with Crippen LogP contribution in [0, 0.1) is 6.92 Å². The van der Waals surface area contributed by atoms with Crippen LogP contribution in [0.3, 0.4) is 0 Å². The van der Waals surface area contributed by atoms with Crippen LogP contribution < -0.4 is 0 Å². The molecule has 0 unspecified atom stereocenters. The number of aryl methyl sites for hydroxylation is 1. The van der Waals surface area contributed by atoms with E-state index in [9.17, 15) is 0 Å². The standard InChI is InChI=1S/C9H10BrN/c1-6-2-5-8(10)9(11-6)7-3-4-7/h2,5,7H,3-4H2,1H3. The van der Waals surface area contributed by atoms with Crippen LogP contribution in [0.5, 0.6) is 0 Å². The van der Waals surface area contributed by atoms with E-state index < -0.39 is 0 Å². The SMILES string of the molecule is Cc1ccc(Br)c(C2CC2)n1. The molecular weight excluding hydrogens is 202 g/mol. The molecule has 2 heteroatoms. The van der Waals surface area contributed by atoms with E-state index in [2.05, 4.69) is 27.0 Å². The number of hydrogen-bond acceptors (Lipinski definition) is 1. The summed E-state index contributed by atoms with van der Waals surface area (Å²) in [4.78, 5) is 4.49. The Hall–Kier alpha value is -0.370. The van der Waals surface area contributed by atoms with Gasteiger partial charge in [0, 0.05) is 16.1 Å². The van der Waals surface area contributed by atoms with Crippen LogP contribution >= 0.6 is 15.9 Å². The molecule has 0 N–H and O–H groups in total. The third kappa shape index (κ3) is 1.45. The van der Waals surface area contributed by atoms with Gasteiger partial charge in [0.1, 0.15) is 0 Å². The molecular formula is C9H10BrN. The summed E-state index contributed by atoms with van der Waals surface area (Å²) in [5.41, 5.74) is 2.38. The molecule has 2 rings (SSSR count). The van der Waals surface area contributed by atoms with Gasteiger partial charge in [0.25, 0.3) is 0 Å². The zero-order valence-electron chi connectivity index (χ0n) is 6.47. The largest absolute Gasteiger partial charge is 0.257 e. The first-order valence-electron chi connectivity index (χ1n) is 3.90. The molecule has 0 spiro atoms. The second-order valence-corrected chi connectivity index (χ2v) is 3.95. The number of aromatic nitrogens is 1. The van der Waals surface area contributed by atoms with E-state index >= 15 is 0 Å². The number of pyridine rings is 1. The number of nitrogens with zero attached hydrogens (tertiary/aromatic N) is 1. The van der Waals surface area contributed by atoms with E-state index in [1.54, 1.807) is 0 Å². The third-order valence-electron chi connectivity index (χ3n) is 1.98. The van der Waals surface area contributed by atoms with Crippen molar-refractivity contribution in [3.8, 4) is 0 Å². The fourth-order valence-electron chi connectivity index (χ4n) is 1.20. The second kappa shape index (κ2) is 2.59. The Kier molecular flexibility index (Phi) is 1.72. The Labute approximate surface area is 75.0 Å². The molecule has 1 aliphatic rings. The van der Waals surface area contributed by atoms with E-state index in [0.717, 1.165) is 11.6 Å². The minimum Gasteiger partial charge on any atom is -0.257 e. The Morgan fingerprint density at radius 2 is 2.18 bits per heavy atom. The number of hydrogen-bond donors (Lipinski definition) is 0. The summed E-state index contributed by atoms with van der Waals surface area (Å²) in [5, 5.41) is 0. The van der Waals surface area contributed by atoms with Crippen LogP contribution in [-0.2, 0) is 0 Å². The first-order valence-corrected chi connectivity index (χ1v) is 4.70. The van der Waals surface area contributed by atoms with Crippen LogP contribution in [0.2, 0.25) is 0 Å².